The summed E-state index contributed by atoms with van der Waals surface area (Å²) in [4.78, 5) is 27.2. The standard InChI is InChI=1S/C24H33NO6/c1-24(29-2,22-17-13-15-20-14-9-10-16-21(20)22)23(26)30-18-11-7-5-3-4-6-8-12-19-31-25(27)28/h9-10,13-17H,3-8,11-12,18-19H2,1-2H3/t24-/m0/s1. The molecular formula is C24H33NO6. The summed E-state index contributed by atoms with van der Waals surface area (Å²) in [6.45, 7) is 2.31. The molecule has 0 N–H and O–H groups in total. The third-order valence-corrected chi connectivity index (χ3v) is 5.57. The van der Waals surface area contributed by atoms with Gasteiger partial charge in [-0.3, -0.25) is 0 Å². The van der Waals surface area contributed by atoms with E-state index in [0.717, 1.165) is 61.3 Å². The van der Waals surface area contributed by atoms with E-state index in [0.29, 0.717) is 13.0 Å². The van der Waals surface area contributed by atoms with Gasteiger partial charge in [0.05, 0.1) is 13.2 Å². The molecule has 0 spiro atoms. The lowest BCUT2D eigenvalue weighted by molar-refractivity contribution is -0.757. The molecule has 0 aliphatic heterocycles. The van der Waals surface area contributed by atoms with Crippen LogP contribution in [0.5, 0.6) is 0 Å². The summed E-state index contributed by atoms with van der Waals surface area (Å²) in [6, 6.07) is 13.8. The molecule has 0 heterocycles. The van der Waals surface area contributed by atoms with Crippen LogP contribution in [0.1, 0.15) is 63.9 Å². The number of fused-ring (bicyclic) bond motifs is 1. The highest BCUT2D eigenvalue weighted by Crippen LogP contribution is 2.32. The Morgan fingerprint density at radius 2 is 1.48 bits per heavy atom. The van der Waals surface area contributed by atoms with Gasteiger partial charge in [-0.25, -0.2) is 4.79 Å². The highest BCUT2D eigenvalue weighted by molar-refractivity contribution is 5.92. The smallest absolute Gasteiger partial charge is 0.342 e. The van der Waals surface area contributed by atoms with Gasteiger partial charge in [0.15, 0.2) is 5.60 Å². The maximum atomic E-state index is 12.8. The van der Waals surface area contributed by atoms with Crippen molar-refractivity contribution in [1.29, 1.82) is 0 Å². The van der Waals surface area contributed by atoms with Crippen LogP contribution in [0, 0.1) is 10.1 Å². The van der Waals surface area contributed by atoms with Gasteiger partial charge in [0.1, 0.15) is 0 Å². The fourth-order valence-electron chi connectivity index (χ4n) is 3.65. The van der Waals surface area contributed by atoms with E-state index < -0.39 is 10.7 Å². The molecule has 0 bridgehead atoms. The minimum absolute atomic E-state index is 0.178. The molecule has 2 rings (SSSR count). The van der Waals surface area contributed by atoms with E-state index in [9.17, 15) is 14.9 Å². The molecule has 31 heavy (non-hydrogen) atoms. The fraction of sp³-hybridized carbons (Fsp3) is 0.542. The number of esters is 1. The van der Waals surface area contributed by atoms with Crippen LogP contribution < -0.4 is 0 Å². The molecule has 2 aromatic carbocycles. The van der Waals surface area contributed by atoms with Crippen molar-refractivity contribution in [3.63, 3.8) is 0 Å². The lowest BCUT2D eigenvalue weighted by atomic mass is 9.90. The molecule has 7 heteroatoms. The van der Waals surface area contributed by atoms with Gasteiger partial charge < -0.3 is 14.3 Å². The first-order valence-electron chi connectivity index (χ1n) is 11.0. The number of rotatable bonds is 15. The molecule has 0 saturated heterocycles. The van der Waals surface area contributed by atoms with Gasteiger partial charge >= 0.3 is 5.97 Å². The summed E-state index contributed by atoms with van der Waals surface area (Å²) in [5.41, 5.74) is -0.346. The van der Waals surface area contributed by atoms with Gasteiger partial charge in [0.2, 0.25) is 0 Å². The molecule has 0 amide bonds. The molecule has 0 aliphatic rings. The van der Waals surface area contributed by atoms with Crippen LogP contribution in [0.4, 0.5) is 0 Å². The van der Waals surface area contributed by atoms with Gasteiger partial charge in [-0.2, -0.15) is 0 Å². The molecule has 0 fully saturated rings. The minimum atomic E-state index is -1.15. The van der Waals surface area contributed by atoms with Crippen LogP contribution in [0.2, 0.25) is 0 Å². The van der Waals surface area contributed by atoms with Crippen molar-refractivity contribution in [3.05, 3.63) is 58.1 Å². The molecule has 0 aliphatic carbocycles. The Hall–Kier alpha value is -2.67. The van der Waals surface area contributed by atoms with Crippen molar-refractivity contribution in [2.45, 2.75) is 63.9 Å². The second-order valence-corrected chi connectivity index (χ2v) is 7.79. The van der Waals surface area contributed by atoms with Crippen molar-refractivity contribution in [2.75, 3.05) is 20.3 Å². The molecule has 1 atom stereocenters. The number of carbonyl (C=O) groups is 1. The third kappa shape index (κ3) is 7.51. The van der Waals surface area contributed by atoms with Crippen molar-refractivity contribution >= 4 is 16.7 Å². The van der Waals surface area contributed by atoms with Crippen molar-refractivity contribution in [2.24, 2.45) is 0 Å². The summed E-state index contributed by atoms with van der Waals surface area (Å²) in [5.74, 6) is -0.372. The lowest BCUT2D eigenvalue weighted by Crippen LogP contribution is -2.36. The second-order valence-electron chi connectivity index (χ2n) is 7.79. The van der Waals surface area contributed by atoms with E-state index in [1.54, 1.807) is 6.92 Å². The van der Waals surface area contributed by atoms with Crippen molar-refractivity contribution in [1.82, 2.24) is 0 Å². The monoisotopic (exact) mass is 431 g/mol. The summed E-state index contributed by atoms with van der Waals surface area (Å²) in [5, 5.41) is 11.3. The van der Waals surface area contributed by atoms with Crippen LogP contribution in [-0.2, 0) is 24.7 Å². The first-order chi connectivity index (χ1) is 15.0. The van der Waals surface area contributed by atoms with Crippen LogP contribution in [-0.4, -0.2) is 31.4 Å². The summed E-state index contributed by atoms with van der Waals surface area (Å²) in [7, 11) is 1.53. The Bertz CT molecular complexity index is 834. The SMILES string of the molecule is CO[C@](C)(C(=O)OCCCCCCCCCCO[N+](=O)[O-])c1cccc2ccccc12. The number of unbranched alkanes of at least 4 members (excludes halogenated alkanes) is 7. The average Bonchev–Trinajstić information content (AvgIpc) is 2.78. The van der Waals surface area contributed by atoms with Gasteiger partial charge in [-0.1, -0.05) is 81.0 Å². The number of nitrogens with zero attached hydrogens (tertiary/aromatic N) is 1. The Morgan fingerprint density at radius 1 is 0.903 bits per heavy atom. The highest BCUT2D eigenvalue weighted by Gasteiger charge is 2.38. The molecule has 0 unspecified atom stereocenters. The predicted molar refractivity (Wildman–Crippen MR) is 119 cm³/mol. The molecule has 0 radical (unpaired) electrons. The van der Waals surface area contributed by atoms with E-state index in [-0.39, 0.29) is 12.6 Å². The number of carbonyl (C=O) groups excluding carboxylic acids is 1. The first-order valence-corrected chi connectivity index (χ1v) is 11.0. The zero-order valence-electron chi connectivity index (χ0n) is 18.5. The lowest BCUT2D eigenvalue weighted by Gasteiger charge is -2.27. The largest absolute Gasteiger partial charge is 0.463 e. The number of hydrogen-bond donors (Lipinski definition) is 0. The van der Waals surface area contributed by atoms with E-state index in [2.05, 4.69) is 4.84 Å². The van der Waals surface area contributed by atoms with E-state index in [1.807, 2.05) is 42.5 Å². The molecule has 170 valence electrons. The topological polar surface area (TPSA) is 87.9 Å². The van der Waals surface area contributed by atoms with Gasteiger partial charge in [0, 0.05) is 12.7 Å². The van der Waals surface area contributed by atoms with Crippen molar-refractivity contribution in [3.8, 4) is 0 Å². The Labute approximate surface area is 183 Å². The average molecular weight is 432 g/mol. The quantitative estimate of drug-likeness (QED) is 0.158. The minimum Gasteiger partial charge on any atom is -0.463 e. The molecular weight excluding hydrogens is 398 g/mol. The van der Waals surface area contributed by atoms with E-state index in [4.69, 9.17) is 9.47 Å². The Kier molecular flexibility index (Phi) is 10.2. The highest BCUT2D eigenvalue weighted by atomic mass is 16.9. The van der Waals surface area contributed by atoms with Crippen LogP contribution in [0.15, 0.2) is 42.5 Å². The van der Waals surface area contributed by atoms with Crippen LogP contribution in [0.3, 0.4) is 0 Å². The number of methoxy groups -OCH3 is 1. The van der Waals surface area contributed by atoms with E-state index in [1.165, 1.54) is 7.11 Å². The second kappa shape index (κ2) is 12.9. The maximum absolute atomic E-state index is 12.8. The Morgan fingerprint density at radius 3 is 2.13 bits per heavy atom. The van der Waals surface area contributed by atoms with Crippen LogP contribution >= 0.6 is 0 Å². The fourth-order valence-corrected chi connectivity index (χ4v) is 3.65. The first kappa shape index (κ1) is 24.6. The van der Waals surface area contributed by atoms with Gasteiger partial charge in [0.25, 0.3) is 5.09 Å². The van der Waals surface area contributed by atoms with Gasteiger partial charge in [-0.15, -0.1) is 10.1 Å². The van der Waals surface area contributed by atoms with Crippen molar-refractivity contribution < 1.29 is 24.2 Å². The molecule has 7 nitrogen and oxygen atoms in total. The van der Waals surface area contributed by atoms with Crippen LogP contribution in [0.25, 0.3) is 10.8 Å². The summed E-state index contributed by atoms with van der Waals surface area (Å²) >= 11 is 0. The zero-order valence-corrected chi connectivity index (χ0v) is 18.5. The number of benzene rings is 2. The third-order valence-electron chi connectivity index (χ3n) is 5.57. The summed E-state index contributed by atoms with van der Waals surface area (Å²) < 4.78 is 11.2. The molecule has 0 aromatic heterocycles. The van der Waals surface area contributed by atoms with Gasteiger partial charge in [-0.05, 0) is 30.5 Å². The molecule has 0 saturated carbocycles. The maximum Gasteiger partial charge on any atom is 0.342 e. The molecule has 2 aromatic rings. The summed E-state index contributed by atoms with van der Waals surface area (Å²) in [6.07, 6.45) is 7.80. The van der Waals surface area contributed by atoms with E-state index >= 15 is 0 Å². The predicted octanol–water partition coefficient (Wildman–Crippen LogP) is 5.57. The number of hydrogen-bond acceptors (Lipinski definition) is 6. The zero-order chi connectivity index (χ0) is 22.5. The Balaban J connectivity index is 1.68. The normalized spacial score (nSPS) is 13.0. The number of ether oxygens (including phenoxy) is 2.